The van der Waals surface area contributed by atoms with Gasteiger partial charge in [-0.3, -0.25) is 0 Å². The Morgan fingerprint density at radius 3 is 2.47 bits per heavy atom. The molecule has 17 heavy (non-hydrogen) atoms. The second-order valence-electron chi connectivity index (χ2n) is 5.91. The van der Waals surface area contributed by atoms with E-state index in [1.165, 1.54) is 6.42 Å². The Hall–Kier alpha value is -0.120. The fraction of sp³-hybridized carbons (Fsp3) is 1.00. The lowest BCUT2D eigenvalue weighted by Gasteiger charge is -2.40. The minimum atomic E-state index is 0.257. The van der Waals surface area contributed by atoms with Crippen molar-refractivity contribution in [1.82, 2.24) is 4.90 Å². The monoisotopic (exact) mass is 242 g/mol. The molecule has 4 unspecified atom stereocenters. The molecule has 0 heterocycles. The van der Waals surface area contributed by atoms with Gasteiger partial charge in [0.2, 0.25) is 0 Å². The van der Waals surface area contributed by atoms with Crippen LogP contribution < -0.4 is 5.73 Å². The molecule has 3 heteroatoms. The lowest BCUT2D eigenvalue weighted by Crippen LogP contribution is -2.47. The molecule has 0 aromatic carbocycles. The topological polar surface area (TPSA) is 49.5 Å². The van der Waals surface area contributed by atoms with Crippen LogP contribution in [0.5, 0.6) is 0 Å². The van der Waals surface area contributed by atoms with E-state index in [4.69, 9.17) is 10.8 Å². The van der Waals surface area contributed by atoms with Crippen LogP contribution in [-0.2, 0) is 0 Å². The number of aliphatic hydroxyl groups is 1. The molecule has 0 spiro atoms. The fourth-order valence-corrected chi connectivity index (χ4v) is 3.33. The van der Waals surface area contributed by atoms with Crippen molar-refractivity contribution in [2.45, 2.75) is 46.1 Å². The van der Waals surface area contributed by atoms with E-state index in [9.17, 15) is 0 Å². The largest absolute Gasteiger partial charge is 0.395 e. The summed E-state index contributed by atoms with van der Waals surface area (Å²) in [6, 6.07) is 0.340. The fourth-order valence-electron chi connectivity index (χ4n) is 3.33. The van der Waals surface area contributed by atoms with Crippen LogP contribution in [0, 0.1) is 17.8 Å². The van der Waals surface area contributed by atoms with Gasteiger partial charge in [0, 0.05) is 19.1 Å². The number of nitrogens with two attached hydrogens (primary N) is 1. The van der Waals surface area contributed by atoms with Crippen LogP contribution in [0.3, 0.4) is 0 Å². The summed E-state index contributed by atoms with van der Waals surface area (Å²) in [4.78, 5) is 2.37. The summed E-state index contributed by atoms with van der Waals surface area (Å²) in [7, 11) is 0. The highest BCUT2D eigenvalue weighted by atomic mass is 16.3. The summed E-state index contributed by atoms with van der Waals surface area (Å²) in [5.74, 6) is 2.09. The average Bonchev–Trinajstić information content (AvgIpc) is 2.23. The third kappa shape index (κ3) is 4.57. The average molecular weight is 242 g/mol. The van der Waals surface area contributed by atoms with Crippen LogP contribution in [-0.4, -0.2) is 42.3 Å². The summed E-state index contributed by atoms with van der Waals surface area (Å²) in [6.45, 7) is 10.0. The van der Waals surface area contributed by atoms with E-state index in [1.807, 2.05) is 0 Å². The molecule has 4 atom stereocenters. The zero-order chi connectivity index (χ0) is 12.8. The van der Waals surface area contributed by atoms with Gasteiger partial charge in [-0.15, -0.1) is 0 Å². The summed E-state index contributed by atoms with van der Waals surface area (Å²) in [6.07, 6.45) is 3.61. The van der Waals surface area contributed by atoms with Crippen LogP contribution in [0.15, 0.2) is 0 Å². The summed E-state index contributed by atoms with van der Waals surface area (Å²) in [5, 5.41) is 9.09. The first-order chi connectivity index (χ1) is 8.08. The Morgan fingerprint density at radius 1 is 1.24 bits per heavy atom. The van der Waals surface area contributed by atoms with E-state index in [1.54, 1.807) is 0 Å². The van der Waals surface area contributed by atoms with Gasteiger partial charge < -0.3 is 15.7 Å². The minimum absolute atomic E-state index is 0.257. The number of rotatable bonds is 6. The Balaban J connectivity index is 2.51. The van der Waals surface area contributed by atoms with E-state index >= 15 is 0 Å². The lowest BCUT2D eigenvalue weighted by molar-refractivity contribution is 0.105. The Labute approximate surface area is 106 Å². The number of hydrogen-bond acceptors (Lipinski definition) is 3. The van der Waals surface area contributed by atoms with Crippen LogP contribution in [0.2, 0.25) is 0 Å². The minimum Gasteiger partial charge on any atom is -0.395 e. The summed E-state index contributed by atoms with van der Waals surface area (Å²) in [5.41, 5.74) is 6.31. The quantitative estimate of drug-likeness (QED) is 0.745. The highest BCUT2D eigenvalue weighted by Crippen LogP contribution is 2.33. The highest BCUT2D eigenvalue weighted by Gasteiger charge is 2.32. The van der Waals surface area contributed by atoms with E-state index in [2.05, 4.69) is 25.7 Å². The maximum Gasteiger partial charge on any atom is 0.0558 e. The number of nitrogens with zero attached hydrogens (tertiary/aromatic N) is 1. The van der Waals surface area contributed by atoms with Gasteiger partial charge in [0.1, 0.15) is 0 Å². The molecule has 1 saturated carbocycles. The van der Waals surface area contributed by atoms with Crippen LogP contribution in [0.1, 0.15) is 40.0 Å². The molecule has 0 saturated heterocycles. The molecule has 0 amide bonds. The van der Waals surface area contributed by atoms with Crippen LogP contribution >= 0.6 is 0 Å². The first-order valence-electron chi connectivity index (χ1n) is 7.17. The molecule has 3 N–H and O–H groups in total. The molecule has 1 aliphatic rings. The Morgan fingerprint density at radius 2 is 1.94 bits per heavy atom. The first kappa shape index (κ1) is 14.9. The van der Waals surface area contributed by atoms with Crippen molar-refractivity contribution in [1.29, 1.82) is 0 Å². The smallest absolute Gasteiger partial charge is 0.0558 e. The summed E-state index contributed by atoms with van der Waals surface area (Å²) >= 11 is 0. The second-order valence-corrected chi connectivity index (χ2v) is 5.91. The molecule has 0 aromatic rings. The van der Waals surface area contributed by atoms with Crippen LogP contribution in [0.4, 0.5) is 0 Å². The van der Waals surface area contributed by atoms with Crippen molar-refractivity contribution in [3.63, 3.8) is 0 Å². The van der Waals surface area contributed by atoms with Gasteiger partial charge in [-0.05, 0) is 43.6 Å². The molecule has 102 valence electrons. The Bertz CT molecular complexity index is 192. The molecule has 0 bridgehead atoms. The lowest BCUT2D eigenvalue weighted by atomic mass is 9.72. The van der Waals surface area contributed by atoms with Crippen molar-refractivity contribution in [3.05, 3.63) is 0 Å². The van der Waals surface area contributed by atoms with Gasteiger partial charge in [0.05, 0.1) is 6.61 Å². The summed E-state index contributed by atoms with van der Waals surface area (Å²) < 4.78 is 0. The van der Waals surface area contributed by atoms with Gasteiger partial charge in [0.25, 0.3) is 0 Å². The SMILES string of the molecule is CCCN(CCO)CC1C(C)CC(C)CC1N. The highest BCUT2D eigenvalue weighted by molar-refractivity contribution is 4.87. The predicted octanol–water partition coefficient (Wildman–Crippen LogP) is 1.70. The maximum atomic E-state index is 9.09. The van der Waals surface area contributed by atoms with Gasteiger partial charge in [0.15, 0.2) is 0 Å². The van der Waals surface area contributed by atoms with Crippen molar-refractivity contribution in [2.75, 3.05) is 26.2 Å². The van der Waals surface area contributed by atoms with E-state index in [0.29, 0.717) is 17.9 Å². The van der Waals surface area contributed by atoms with Gasteiger partial charge >= 0.3 is 0 Å². The van der Waals surface area contributed by atoms with Crippen molar-refractivity contribution < 1.29 is 5.11 Å². The molecule has 1 rings (SSSR count). The zero-order valence-corrected chi connectivity index (χ0v) is 11.7. The molecule has 0 aromatic heterocycles. The van der Waals surface area contributed by atoms with Crippen molar-refractivity contribution >= 4 is 0 Å². The van der Waals surface area contributed by atoms with E-state index in [-0.39, 0.29) is 6.61 Å². The van der Waals surface area contributed by atoms with E-state index < -0.39 is 0 Å². The molecular formula is C14H30N2O. The van der Waals surface area contributed by atoms with Crippen molar-refractivity contribution in [2.24, 2.45) is 23.5 Å². The molecule has 1 fully saturated rings. The van der Waals surface area contributed by atoms with Gasteiger partial charge in [-0.25, -0.2) is 0 Å². The molecule has 0 aliphatic heterocycles. The third-order valence-electron chi connectivity index (χ3n) is 4.15. The van der Waals surface area contributed by atoms with Gasteiger partial charge in [-0.2, -0.15) is 0 Å². The van der Waals surface area contributed by atoms with Crippen LogP contribution in [0.25, 0.3) is 0 Å². The molecular weight excluding hydrogens is 212 g/mol. The standard InChI is InChI=1S/C14H30N2O/c1-4-5-16(6-7-17)10-13-12(3)8-11(2)9-14(13)15/h11-14,17H,4-10,15H2,1-3H3. The maximum absolute atomic E-state index is 9.09. The molecule has 3 nitrogen and oxygen atoms in total. The van der Waals surface area contributed by atoms with Crippen molar-refractivity contribution in [3.8, 4) is 0 Å². The predicted molar refractivity (Wildman–Crippen MR) is 72.8 cm³/mol. The number of aliphatic hydroxyl groups excluding tert-OH is 1. The first-order valence-corrected chi connectivity index (χ1v) is 7.17. The second kappa shape index (κ2) is 7.34. The van der Waals surface area contributed by atoms with E-state index in [0.717, 1.165) is 38.4 Å². The molecule has 1 aliphatic carbocycles. The zero-order valence-electron chi connectivity index (χ0n) is 11.7. The third-order valence-corrected chi connectivity index (χ3v) is 4.15. The molecule has 0 radical (unpaired) electrons. The van der Waals surface area contributed by atoms with Gasteiger partial charge in [-0.1, -0.05) is 20.8 Å². The normalized spacial score (nSPS) is 34.2. The number of hydrogen-bond donors (Lipinski definition) is 2. The Kier molecular flexibility index (Phi) is 6.45.